The molecule has 0 spiro atoms. The first-order chi connectivity index (χ1) is 9.63. The highest BCUT2D eigenvalue weighted by atomic mass is 35.5. The van der Waals surface area contributed by atoms with Crippen molar-refractivity contribution in [2.45, 2.75) is 25.8 Å². The second-order valence-electron chi connectivity index (χ2n) is 4.75. The number of hydrazine groups is 1. The highest BCUT2D eigenvalue weighted by Crippen LogP contribution is 2.24. The first-order valence-corrected chi connectivity index (χ1v) is 7.00. The van der Waals surface area contributed by atoms with Gasteiger partial charge in [-0.15, -0.1) is 0 Å². The molecule has 0 aromatic heterocycles. The summed E-state index contributed by atoms with van der Waals surface area (Å²) in [5.74, 6) is 5.33. The Hall–Kier alpha value is -1.42. The Balaban J connectivity index is 2.21. The van der Waals surface area contributed by atoms with Gasteiger partial charge in [0.15, 0.2) is 0 Å². The van der Waals surface area contributed by atoms with Crippen LogP contribution in [0.4, 0.5) is 4.39 Å². The molecule has 2 aromatic rings. The summed E-state index contributed by atoms with van der Waals surface area (Å²) < 4.78 is 13.3. The monoisotopic (exact) mass is 292 g/mol. The van der Waals surface area contributed by atoms with Crippen molar-refractivity contribution in [2.24, 2.45) is 5.84 Å². The normalized spacial score (nSPS) is 12.4. The van der Waals surface area contributed by atoms with E-state index in [9.17, 15) is 4.39 Å². The third-order valence-corrected chi connectivity index (χ3v) is 3.79. The molecule has 1 unspecified atom stereocenters. The molecule has 2 nitrogen and oxygen atoms in total. The van der Waals surface area contributed by atoms with Crippen LogP contribution in [0.25, 0.3) is 0 Å². The van der Waals surface area contributed by atoms with Gasteiger partial charge in [0.2, 0.25) is 0 Å². The van der Waals surface area contributed by atoms with Gasteiger partial charge < -0.3 is 0 Å². The summed E-state index contributed by atoms with van der Waals surface area (Å²) in [6, 6.07) is 12.5. The molecule has 20 heavy (non-hydrogen) atoms. The zero-order valence-corrected chi connectivity index (χ0v) is 12.1. The van der Waals surface area contributed by atoms with Gasteiger partial charge in [-0.3, -0.25) is 11.3 Å². The molecule has 0 aliphatic heterocycles. The van der Waals surface area contributed by atoms with Crippen LogP contribution in [0.5, 0.6) is 0 Å². The van der Waals surface area contributed by atoms with Gasteiger partial charge in [-0.05, 0) is 47.7 Å². The van der Waals surface area contributed by atoms with E-state index in [2.05, 4.69) is 24.5 Å². The molecule has 0 heterocycles. The standard InChI is InChI=1S/C16H18ClFN2/c1-2-11-3-5-12(6-4-11)16(20-19)10-13-9-14(18)7-8-15(13)17/h3-9,16,20H,2,10,19H2,1H3. The first-order valence-electron chi connectivity index (χ1n) is 6.63. The van der Waals surface area contributed by atoms with Crippen molar-refractivity contribution < 1.29 is 4.39 Å². The third kappa shape index (κ3) is 3.57. The van der Waals surface area contributed by atoms with E-state index in [1.165, 1.54) is 17.7 Å². The van der Waals surface area contributed by atoms with Gasteiger partial charge in [0, 0.05) is 5.02 Å². The fraction of sp³-hybridized carbons (Fsp3) is 0.250. The summed E-state index contributed by atoms with van der Waals surface area (Å²) in [4.78, 5) is 0. The van der Waals surface area contributed by atoms with Gasteiger partial charge in [0.25, 0.3) is 0 Å². The minimum atomic E-state index is -0.290. The number of hydrogen-bond donors (Lipinski definition) is 2. The Morgan fingerprint density at radius 3 is 2.50 bits per heavy atom. The predicted octanol–water partition coefficient (Wildman–Crippen LogP) is 3.79. The van der Waals surface area contributed by atoms with E-state index in [0.717, 1.165) is 17.5 Å². The number of nitrogens with one attached hydrogen (secondary N) is 1. The second kappa shape index (κ2) is 6.84. The quantitative estimate of drug-likeness (QED) is 0.650. The van der Waals surface area contributed by atoms with Gasteiger partial charge in [-0.25, -0.2) is 4.39 Å². The van der Waals surface area contributed by atoms with E-state index in [1.807, 2.05) is 12.1 Å². The van der Waals surface area contributed by atoms with E-state index in [0.29, 0.717) is 11.4 Å². The summed E-state index contributed by atoms with van der Waals surface area (Å²) in [6.45, 7) is 2.11. The molecule has 106 valence electrons. The number of benzene rings is 2. The molecule has 3 N–H and O–H groups in total. The van der Waals surface area contributed by atoms with Crippen LogP contribution in [-0.2, 0) is 12.8 Å². The van der Waals surface area contributed by atoms with Crippen LogP contribution in [0.3, 0.4) is 0 Å². The molecule has 2 aromatic carbocycles. The largest absolute Gasteiger partial charge is 0.271 e. The average Bonchev–Trinajstić information content (AvgIpc) is 2.48. The van der Waals surface area contributed by atoms with Crippen molar-refractivity contribution in [3.63, 3.8) is 0 Å². The molecule has 0 saturated carbocycles. The maximum atomic E-state index is 13.3. The molecule has 0 bridgehead atoms. The molecule has 1 atom stereocenters. The summed E-state index contributed by atoms with van der Waals surface area (Å²) in [5.41, 5.74) is 5.85. The summed E-state index contributed by atoms with van der Waals surface area (Å²) in [6.07, 6.45) is 1.54. The van der Waals surface area contributed by atoms with Gasteiger partial charge >= 0.3 is 0 Å². The summed E-state index contributed by atoms with van der Waals surface area (Å²) in [5, 5.41) is 0.553. The smallest absolute Gasteiger partial charge is 0.123 e. The van der Waals surface area contributed by atoms with Crippen molar-refractivity contribution in [3.8, 4) is 0 Å². The van der Waals surface area contributed by atoms with E-state index < -0.39 is 0 Å². The van der Waals surface area contributed by atoms with Crippen LogP contribution in [-0.4, -0.2) is 0 Å². The van der Waals surface area contributed by atoms with Gasteiger partial charge in [-0.2, -0.15) is 0 Å². The number of rotatable bonds is 5. The first kappa shape index (κ1) is 15.0. The minimum absolute atomic E-state index is 0.0970. The third-order valence-electron chi connectivity index (χ3n) is 3.42. The van der Waals surface area contributed by atoms with Crippen molar-refractivity contribution in [3.05, 3.63) is 70.0 Å². The van der Waals surface area contributed by atoms with Gasteiger partial charge in [0.05, 0.1) is 6.04 Å². The van der Waals surface area contributed by atoms with Crippen LogP contribution in [0.15, 0.2) is 42.5 Å². The van der Waals surface area contributed by atoms with Crippen molar-refractivity contribution in [1.29, 1.82) is 0 Å². The Labute approximate surface area is 123 Å². The number of halogens is 2. The van der Waals surface area contributed by atoms with Crippen LogP contribution < -0.4 is 11.3 Å². The van der Waals surface area contributed by atoms with Crippen LogP contribution in [0, 0.1) is 5.82 Å². The molecule has 2 rings (SSSR count). The fourth-order valence-corrected chi connectivity index (χ4v) is 2.37. The van der Waals surface area contributed by atoms with Crippen LogP contribution >= 0.6 is 11.6 Å². The number of nitrogens with two attached hydrogens (primary N) is 1. The molecule has 0 saturated heterocycles. The van der Waals surface area contributed by atoms with Crippen molar-refractivity contribution in [1.82, 2.24) is 5.43 Å². The SMILES string of the molecule is CCc1ccc(C(Cc2cc(F)ccc2Cl)NN)cc1. The van der Waals surface area contributed by atoms with E-state index >= 15 is 0 Å². The maximum absolute atomic E-state index is 13.3. The zero-order valence-electron chi connectivity index (χ0n) is 11.4. The Morgan fingerprint density at radius 2 is 1.90 bits per heavy atom. The Morgan fingerprint density at radius 1 is 1.20 bits per heavy atom. The molecule has 0 fully saturated rings. The molecule has 0 radical (unpaired) electrons. The lowest BCUT2D eigenvalue weighted by Crippen LogP contribution is -2.29. The lowest BCUT2D eigenvalue weighted by atomic mass is 9.98. The molecular weight excluding hydrogens is 275 g/mol. The zero-order chi connectivity index (χ0) is 14.5. The van der Waals surface area contributed by atoms with Gasteiger partial charge in [0.1, 0.15) is 5.82 Å². The summed E-state index contributed by atoms with van der Waals surface area (Å²) in [7, 11) is 0. The lowest BCUT2D eigenvalue weighted by molar-refractivity contribution is 0.548. The van der Waals surface area contributed by atoms with E-state index in [-0.39, 0.29) is 11.9 Å². The Bertz CT molecular complexity index is 569. The maximum Gasteiger partial charge on any atom is 0.123 e. The molecule has 4 heteroatoms. The number of hydrogen-bond acceptors (Lipinski definition) is 2. The van der Waals surface area contributed by atoms with E-state index in [4.69, 9.17) is 17.4 Å². The minimum Gasteiger partial charge on any atom is -0.271 e. The van der Waals surface area contributed by atoms with Gasteiger partial charge in [-0.1, -0.05) is 42.8 Å². The average molecular weight is 293 g/mol. The van der Waals surface area contributed by atoms with Crippen molar-refractivity contribution in [2.75, 3.05) is 0 Å². The molecule has 0 amide bonds. The predicted molar refractivity (Wildman–Crippen MR) is 81.0 cm³/mol. The molecular formula is C16H18ClFN2. The highest BCUT2D eigenvalue weighted by molar-refractivity contribution is 6.31. The van der Waals surface area contributed by atoms with E-state index in [1.54, 1.807) is 6.07 Å². The molecule has 0 aliphatic rings. The second-order valence-corrected chi connectivity index (χ2v) is 5.16. The number of aryl methyl sites for hydroxylation is 1. The Kier molecular flexibility index (Phi) is 5.12. The van der Waals surface area contributed by atoms with Crippen molar-refractivity contribution >= 4 is 11.6 Å². The van der Waals surface area contributed by atoms with Crippen LogP contribution in [0.2, 0.25) is 5.02 Å². The van der Waals surface area contributed by atoms with Crippen LogP contribution in [0.1, 0.15) is 29.7 Å². The summed E-state index contributed by atoms with van der Waals surface area (Å²) >= 11 is 6.10. The molecule has 0 aliphatic carbocycles. The highest BCUT2D eigenvalue weighted by Gasteiger charge is 2.13. The topological polar surface area (TPSA) is 38.0 Å². The fourth-order valence-electron chi connectivity index (χ4n) is 2.18. The lowest BCUT2D eigenvalue weighted by Gasteiger charge is -2.17.